The highest BCUT2D eigenvalue weighted by Crippen LogP contribution is 2.63. The molecular formula is C20H34O3. The van der Waals surface area contributed by atoms with Crippen molar-refractivity contribution < 1.29 is 15.3 Å². The van der Waals surface area contributed by atoms with E-state index in [0.29, 0.717) is 24.2 Å². The molecule has 3 rings (SSSR count). The number of allylic oxidation sites excluding steroid dienone is 1. The summed E-state index contributed by atoms with van der Waals surface area (Å²) in [6.07, 6.45) is 6.75. The first-order valence-corrected chi connectivity index (χ1v) is 9.45. The molecular weight excluding hydrogens is 288 g/mol. The lowest BCUT2D eigenvalue weighted by atomic mass is 9.49. The molecule has 0 radical (unpaired) electrons. The van der Waals surface area contributed by atoms with Crippen molar-refractivity contribution in [3.8, 4) is 0 Å². The van der Waals surface area contributed by atoms with E-state index in [1.54, 1.807) is 0 Å². The first-order chi connectivity index (χ1) is 10.9. The molecule has 3 saturated carbocycles. The number of hydrogen-bond donors (Lipinski definition) is 3. The second kappa shape index (κ2) is 6.16. The number of hydrogen-bond acceptors (Lipinski definition) is 3. The van der Waals surface area contributed by atoms with E-state index in [4.69, 9.17) is 0 Å². The van der Waals surface area contributed by atoms with E-state index in [-0.39, 0.29) is 36.1 Å². The van der Waals surface area contributed by atoms with E-state index >= 15 is 0 Å². The summed E-state index contributed by atoms with van der Waals surface area (Å²) in [5.41, 5.74) is 1.61. The Morgan fingerprint density at radius 1 is 1.04 bits per heavy atom. The van der Waals surface area contributed by atoms with Crippen LogP contribution in [0.25, 0.3) is 0 Å². The van der Waals surface area contributed by atoms with Gasteiger partial charge in [-0.1, -0.05) is 26.0 Å². The summed E-state index contributed by atoms with van der Waals surface area (Å²) >= 11 is 0. The third kappa shape index (κ3) is 2.60. The van der Waals surface area contributed by atoms with Crippen molar-refractivity contribution in [3.63, 3.8) is 0 Å². The van der Waals surface area contributed by atoms with E-state index in [1.807, 2.05) is 0 Å². The predicted octanol–water partition coefficient (Wildman–Crippen LogP) is 3.14. The Bertz CT molecular complexity index is 462. The monoisotopic (exact) mass is 322 g/mol. The molecule has 0 aliphatic heterocycles. The number of aliphatic hydroxyl groups is 3. The Morgan fingerprint density at radius 2 is 1.78 bits per heavy atom. The first-order valence-electron chi connectivity index (χ1n) is 9.45. The minimum absolute atomic E-state index is 0.0344. The van der Waals surface area contributed by atoms with E-state index in [1.165, 1.54) is 5.57 Å². The molecule has 0 saturated heterocycles. The van der Waals surface area contributed by atoms with Crippen molar-refractivity contribution in [1.29, 1.82) is 0 Å². The zero-order valence-corrected chi connectivity index (χ0v) is 14.8. The SMILES string of the molecule is C=C1CCC2[C@H](CO)C(C3(C)CCC(O)CC3CO)CCC12C. The van der Waals surface area contributed by atoms with Crippen molar-refractivity contribution in [1.82, 2.24) is 0 Å². The highest BCUT2D eigenvalue weighted by molar-refractivity contribution is 5.20. The van der Waals surface area contributed by atoms with Crippen molar-refractivity contribution in [2.24, 2.45) is 34.5 Å². The normalized spacial score (nSPS) is 50.8. The van der Waals surface area contributed by atoms with E-state index in [2.05, 4.69) is 20.4 Å². The highest BCUT2D eigenvalue weighted by atomic mass is 16.3. The van der Waals surface area contributed by atoms with Gasteiger partial charge in [0, 0.05) is 13.2 Å². The van der Waals surface area contributed by atoms with Crippen LogP contribution in [0.1, 0.15) is 58.8 Å². The fourth-order valence-electron chi connectivity index (χ4n) is 6.44. The molecule has 23 heavy (non-hydrogen) atoms. The van der Waals surface area contributed by atoms with Gasteiger partial charge in [0.15, 0.2) is 0 Å². The summed E-state index contributed by atoms with van der Waals surface area (Å²) in [5, 5.41) is 30.2. The average molecular weight is 322 g/mol. The molecule has 0 aromatic rings. The molecule has 3 heteroatoms. The van der Waals surface area contributed by atoms with Crippen LogP contribution in [0.3, 0.4) is 0 Å². The Kier molecular flexibility index (Phi) is 4.67. The van der Waals surface area contributed by atoms with Crippen LogP contribution in [-0.4, -0.2) is 34.6 Å². The molecule has 3 aliphatic carbocycles. The maximum Gasteiger partial charge on any atom is 0.0544 e. The summed E-state index contributed by atoms with van der Waals surface area (Å²) in [4.78, 5) is 0. The lowest BCUT2D eigenvalue weighted by Gasteiger charge is -2.56. The summed E-state index contributed by atoms with van der Waals surface area (Å²) in [7, 11) is 0. The summed E-state index contributed by atoms with van der Waals surface area (Å²) < 4.78 is 0. The molecule has 7 atom stereocenters. The van der Waals surface area contributed by atoms with Crippen LogP contribution in [0.5, 0.6) is 0 Å². The zero-order valence-electron chi connectivity index (χ0n) is 14.8. The lowest BCUT2D eigenvalue weighted by molar-refractivity contribution is -0.104. The molecule has 132 valence electrons. The van der Waals surface area contributed by atoms with Crippen molar-refractivity contribution >= 4 is 0 Å². The van der Waals surface area contributed by atoms with Crippen molar-refractivity contribution in [2.75, 3.05) is 13.2 Å². The average Bonchev–Trinajstić information content (AvgIpc) is 2.84. The fourth-order valence-corrected chi connectivity index (χ4v) is 6.44. The van der Waals surface area contributed by atoms with Gasteiger partial charge >= 0.3 is 0 Å². The highest BCUT2D eigenvalue weighted by Gasteiger charge is 2.56. The second-order valence-corrected chi connectivity index (χ2v) is 8.97. The Hall–Kier alpha value is -0.380. The van der Waals surface area contributed by atoms with Gasteiger partial charge in [0.25, 0.3) is 0 Å². The van der Waals surface area contributed by atoms with Gasteiger partial charge in [0.1, 0.15) is 0 Å². The van der Waals surface area contributed by atoms with Crippen LogP contribution in [0.15, 0.2) is 12.2 Å². The van der Waals surface area contributed by atoms with Crippen LogP contribution < -0.4 is 0 Å². The van der Waals surface area contributed by atoms with Gasteiger partial charge in [-0.2, -0.15) is 0 Å². The topological polar surface area (TPSA) is 60.7 Å². The van der Waals surface area contributed by atoms with Crippen LogP contribution in [0.4, 0.5) is 0 Å². The molecule has 0 amide bonds. The van der Waals surface area contributed by atoms with E-state index in [0.717, 1.165) is 38.5 Å². The van der Waals surface area contributed by atoms with Gasteiger partial charge in [0.05, 0.1) is 6.10 Å². The maximum atomic E-state index is 10.2. The van der Waals surface area contributed by atoms with Crippen LogP contribution in [0.2, 0.25) is 0 Å². The zero-order chi connectivity index (χ0) is 16.8. The second-order valence-electron chi connectivity index (χ2n) is 8.97. The minimum Gasteiger partial charge on any atom is -0.396 e. The minimum atomic E-state index is -0.270. The summed E-state index contributed by atoms with van der Waals surface area (Å²) in [5.74, 6) is 1.43. The molecule has 3 N–H and O–H groups in total. The van der Waals surface area contributed by atoms with Crippen LogP contribution >= 0.6 is 0 Å². The lowest BCUT2D eigenvalue weighted by Crippen LogP contribution is -2.52. The smallest absolute Gasteiger partial charge is 0.0544 e. The van der Waals surface area contributed by atoms with Crippen molar-refractivity contribution in [2.45, 2.75) is 64.9 Å². The third-order valence-electron chi connectivity index (χ3n) is 8.18. The molecule has 6 unspecified atom stereocenters. The van der Waals surface area contributed by atoms with Gasteiger partial charge in [-0.05, 0) is 79.4 Å². The van der Waals surface area contributed by atoms with Crippen LogP contribution in [0, 0.1) is 34.5 Å². The number of fused-ring (bicyclic) bond motifs is 1. The van der Waals surface area contributed by atoms with Gasteiger partial charge in [-0.25, -0.2) is 0 Å². The summed E-state index contributed by atoms with van der Waals surface area (Å²) in [6.45, 7) is 9.37. The van der Waals surface area contributed by atoms with Crippen LogP contribution in [-0.2, 0) is 0 Å². The predicted molar refractivity (Wildman–Crippen MR) is 91.8 cm³/mol. The molecule has 3 aliphatic rings. The molecule has 3 nitrogen and oxygen atoms in total. The molecule has 0 bridgehead atoms. The maximum absolute atomic E-state index is 10.2. The molecule has 0 spiro atoms. The van der Waals surface area contributed by atoms with Gasteiger partial charge in [0.2, 0.25) is 0 Å². The van der Waals surface area contributed by atoms with Gasteiger partial charge in [-0.15, -0.1) is 0 Å². The fraction of sp³-hybridized carbons (Fsp3) is 0.900. The Balaban J connectivity index is 1.89. The van der Waals surface area contributed by atoms with Crippen molar-refractivity contribution in [3.05, 3.63) is 12.2 Å². The molecule has 0 aromatic heterocycles. The van der Waals surface area contributed by atoms with Gasteiger partial charge in [-0.3, -0.25) is 0 Å². The Labute approximate surface area is 140 Å². The number of rotatable bonds is 3. The standard InChI is InChI=1S/C20H34O3/c1-13-4-5-17-16(12-22)18(7-9-19(13,17)2)20(3)8-6-15(23)10-14(20)11-21/h14-18,21-23H,1,4-12H2,2-3H3/t14?,15?,16-,17?,18?,19?,20?/m0/s1. The molecule has 3 fully saturated rings. The largest absolute Gasteiger partial charge is 0.396 e. The van der Waals surface area contributed by atoms with E-state index < -0.39 is 0 Å². The summed E-state index contributed by atoms with van der Waals surface area (Å²) in [6, 6.07) is 0. The first kappa shape index (κ1) is 17.4. The molecule has 0 heterocycles. The Morgan fingerprint density at radius 3 is 2.43 bits per heavy atom. The number of aliphatic hydroxyl groups excluding tert-OH is 3. The quantitative estimate of drug-likeness (QED) is 0.700. The van der Waals surface area contributed by atoms with E-state index in [9.17, 15) is 15.3 Å². The molecule has 0 aromatic carbocycles. The van der Waals surface area contributed by atoms with Gasteiger partial charge < -0.3 is 15.3 Å². The third-order valence-corrected chi connectivity index (χ3v) is 8.18.